The van der Waals surface area contributed by atoms with Crippen molar-refractivity contribution in [3.8, 4) is 11.5 Å². The third-order valence-corrected chi connectivity index (χ3v) is 6.74. The van der Waals surface area contributed by atoms with Gasteiger partial charge in [0.2, 0.25) is 6.79 Å². The fraction of sp³-hybridized carbons (Fsp3) is 0.667. The van der Waals surface area contributed by atoms with Crippen LogP contribution >= 0.6 is 0 Å². The number of ether oxygens (including phenoxy) is 2. The summed E-state index contributed by atoms with van der Waals surface area (Å²) in [6.45, 7) is 2.86. The Labute approximate surface area is 159 Å². The minimum absolute atomic E-state index is 0. The molecule has 0 saturated heterocycles. The largest absolute Gasteiger partial charge is 2.00 e. The summed E-state index contributed by atoms with van der Waals surface area (Å²) >= 11 is 0. The van der Waals surface area contributed by atoms with Crippen molar-refractivity contribution < 1.29 is 26.5 Å². The Balaban J connectivity index is 0.000000720. The molecule has 0 unspecified atom stereocenters. The van der Waals surface area contributed by atoms with Crippen LogP contribution in [0.25, 0.3) is 0 Å². The van der Waals surface area contributed by atoms with Crippen LogP contribution in [0.2, 0.25) is 0 Å². The molecule has 114 valence electrons. The zero-order valence-corrected chi connectivity index (χ0v) is 16.1. The first-order chi connectivity index (χ1) is 9.75. The van der Waals surface area contributed by atoms with E-state index < -0.39 is 0 Å². The molecule has 4 heteroatoms. The van der Waals surface area contributed by atoms with Crippen LogP contribution in [0.1, 0.15) is 44.6 Å². The number of hydrogen-bond acceptors (Lipinski definition) is 2. The van der Waals surface area contributed by atoms with Gasteiger partial charge in [0.1, 0.15) is 0 Å². The van der Waals surface area contributed by atoms with Gasteiger partial charge < -0.3 is 26.5 Å². The second-order valence-corrected chi connectivity index (χ2v) is 7.56. The first kappa shape index (κ1) is 16.9. The van der Waals surface area contributed by atoms with Crippen molar-refractivity contribution in [3.63, 3.8) is 0 Å². The molecular formula is C18H21BrMgO2. The molecule has 0 atom stereocenters. The Morgan fingerprint density at radius 1 is 1.00 bits per heavy atom. The van der Waals surface area contributed by atoms with Crippen LogP contribution < -0.4 is 26.5 Å². The summed E-state index contributed by atoms with van der Waals surface area (Å²) in [5.41, 5.74) is 1.66. The fourth-order valence-corrected chi connectivity index (χ4v) is 5.88. The van der Waals surface area contributed by atoms with Crippen LogP contribution in [0.15, 0.2) is 12.1 Å². The van der Waals surface area contributed by atoms with Crippen molar-refractivity contribution in [2.45, 2.75) is 44.4 Å². The molecule has 0 amide bonds. The minimum Gasteiger partial charge on any atom is -1.00 e. The van der Waals surface area contributed by atoms with E-state index in [2.05, 4.69) is 19.1 Å². The number of fused-ring (bicyclic) bond motifs is 1. The van der Waals surface area contributed by atoms with Crippen LogP contribution in [-0.4, -0.2) is 29.8 Å². The van der Waals surface area contributed by atoms with Gasteiger partial charge in [0.25, 0.3) is 0 Å². The fourth-order valence-electron chi connectivity index (χ4n) is 5.88. The SMILES string of the molecule is CC1(c2c[c-]cc3c2OCO3)C2CC3CC(C2)CC1C3.[Br-].[Mg+2]. The zero-order chi connectivity index (χ0) is 13.3. The smallest absolute Gasteiger partial charge is 1.00 e. The maximum absolute atomic E-state index is 5.81. The average Bonchev–Trinajstić information content (AvgIpc) is 2.92. The van der Waals surface area contributed by atoms with Crippen LogP contribution in [0, 0.1) is 29.7 Å². The number of hydrogen-bond donors (Lipinski definition) is 0. The molecule has 4 aliphatic carbocycles. The van der Waals surface area contributed by atoms with E-state index >= 15 is 0 Å². The van der Waals surface area contributed by atoms with E-state index in [1.165, 1.54) is 37.7 Å². The van der Waals surface area contributed by atoms with E-state index in [1.807, 2.05) is 6.07 Å². The molecule has 1 aliphatic heterocycles. The normalized spacial score (nSPS) is 40.0. The average molecular weight is 374 g/mol. The molecule has 0 N–H and O–H groups in total. The molecule has 1 aromatic carbocycles. The number of halogens is 1. The molecule has 4 bridgehead atoms. The first-order valence-electron chi connectivity index (χ1n) is 8.05. The molecule has 0 aromatic heterocycles. The monoisotopic (exact) mass is 372 g/mol. The molecule has 4 saturated carbocycles. The molecule has 22 heavy (non-hydrogen) atoms. The van der Waals surface area contributed by atoms with Crippen molar-refractivity contribution in [3.05, 3.63) is 23.8 Å². The van der Waals surface area contributed by atoms with Crippen molar-refractivity contribution >= 4 is 23.1 Å². The molecule has 0 radical (unpaired) electrons. The van der Waals surface area contributed by atoms with Crippen molar-refractivity contribution in [2.24, 2.45) is 23.7 Å². The van der Waals surface area contributed by atoms with E-state index in [0.29, 0.717) is 6.79 Å². The van der Waals surface area contributed by atoms with E-state index in [0.717, 1.165) is 35.2 Å². The van der Waals surface area contributed by atoms with E-state index in [4.69, 9.17) is 9.47 Å². The number of benzene rings is 1. The standard InChI is InChI=1S/C18H21O2.BrH.Mg/c1-18(15-3-2-4-16-17(15)20-10-19-16)13-6-11-5-12(8-13)9-14(18)7-11;;/h3-4,11-14H,5-10H2,1H3;1H;/q-1;;+2/p-1. The molecule has 5 aliphatic rings. The minimum atomic E-state index is 0. The molecule has 1 heterocycles. The van der Waals surface area contributed by atoms with E-state index in [9.17, 15) is 0 Å². The molecule has 4 fully saturated rings. The maximum atomic E-state index is 5.81. The Hall–Kier alpha value is 0.0662. The summed E-state index contributed by atoms with van der Waals surface area (Å²) in [5.74, 6) is 5.59. The summed E-state index contributed by atoms with van der Waals surface area (Å²) in [5, 5.41) is 0. The molecule has 1 aromatic rings. The van der Waals surface area contributed by atoms with Gasteiger partial charge in [-0.2, -0.15) is 12.1 Å². The number of rotatable bonds is 1. The van der Waals surface area contributed by atoms with Gasteiger partial charge in [-0.15, -0.1) is 11.6 Å². The van der Waals surface area contributed by atoms with E-state index in [1.54, 1.807) is 0 Å². The van der Waals surface area contributed by atoms with Gasteiger partial charge in [-0.05, 0) is 61.2 Å². The van der Waals surface area contributed by atoms with Crippen LogP contribution in [-0.2, 0) is 5.41 Å². The molecular weight excluding hydrogens is 352 g/mol. The second-order valence-electron chi connectivity index (χ2n) is 7.56. The topological polar surface area (TPSA) is 18.5 Å². The zero-order valence-electron chi connectivity index (χ0n) is 13.1. The third-order valence-electron chi connectivity index (χ3n) is 6.74. The van der Waals surface area contributed by atoms with Gasteiger partial charge >= 0.3 is 23.1 Å². The van der Waals surface area contributed by atoms with Crippen LogP contribution in [0.4, 0.5) is 0 Å². The molecule has 2 nitrogen and oxygen atoms in total. The Kier molecular flexibility index (Phi) is 4.50. The molecule has 6 rings (SSSR count). The molecule has 0 spiro atoms. The van der Waals surface area contributed by atoms with Crippen LogP contribution in [0.3, 0.4) is 0 Å². The predicted octanol–water partition coefficient (Wildman–Crippen LogP) is 0.552. The summed E-state index contributed by atoms with van der Waals surface area (Å²) in [4.78, 5) is 0. The second kappa shape index (κ2) is 5.85. The van der Waals surface area contributed by atoms with E-state index in [-0.39, 0.29) is 45.4 Å². The van der Waals surface area contributed by atoms with Gasteiger partial charge in [0, 0.05) is 0 Å². The summed E-state index contributed by atoms with van der Waals surface area (Å²) in [6, 6.07) is 7.39. The third kappa shape index (κ3) is 2.16. The summed E-state index contributed by atoms with van der Waals surface area (Å²) in [7, 11) is 0. The Bertz CT molecular complexity index is 546. The van der Waals surface area contributed by atoms with Crippen LogP contribution in [0.5, 0.6) is 11.5 Å². The van der Waals surface area contributed by atoms with Gasteiger partial charge in [0.05, 0.1) is 11.5 Å². The quantitative estimate of drug-likeness (QED) is 0.529. The predicted molar refractivity (Wildman–Crippen MR) is 81.6 cm³/mol. The van der Waals surface area contributed by atoms with Crippen molar-refractivity contribution in [1.29, 1.82) is 0 Å². The van der Waals surface area contributed by atoms with Gasteiger partial charge in [-0.1, -0.05) is 6.92 Å². The van der Waals surface area contributed by atoms with Crippen molar-refractivity contribution in [1.82, 2.24) is 0 Å². The van der Waals surface area contributed by atoms with Gasteiger partial charge in [0.15, 0.2) is 0 Å². The Morgan fingerprint density at radius 2 is 1.64 bits per heavy atom. The van der Waals surface area contributed by atoms with Gasteiger partial charge in [-0.25, -0.2) is 0 Å². The van der Waals surface area contributed by atoms with Crippen molar-refractivity contribution in [2.75, 3.05) is 6.79 Å². The first-order valence-corrected chi connectivity index (χ1v) is 8.05. The Morgan fingerprint density at radius 3 is 2.27 bits per heavy atom. The summed E-state index contributed by atoms with van der Waals surface area (Å²) < 4.78 is 11.4. The maximum Gasteiger partial charge on any atom is 2.00 e. The summed E-state index contributed by atoms with van der Waals surface area (Å²) in [6.07, 6.45) is 7.20. The van der Waals surface area contributed by atoms with Gasteiger partial charge in [-0.3, -0.25) is 0 Å².